The molecule has 0 fully saturated rings. The van der Waals surface area contributed by atoms with Gasteiger partial charge in [-0.3, -0.25) is 4.99 Å². The van der Waals surface area contributed by atoms with E-state index in [4.69, 9.17) is 10.5 Å². The maximum absolute atomic E-state index is 5.84. The maximum atomic E-state index is 5.84. The normalized spacial score (nSPS) is 12.8. The van der Waals surface area contributed by atoms with E-state index in [1.165, 1.54) is 11.1 Å². The topological polar surface area (TPSA) is 81.0 Å². The molecule has 0 aliphatic rings. The number of ether oxygens (including phenoxy) is 1. The van der Waals surface area contributed by atoms with E-state index in [2.05, 4.69) is 47.8 Å². The van der Waals surface area contributed by atoms with E-state index >= 15 is 0 Å². The summed E-state index contributed by atoms with van der Waals surface area (Å²) >= 11 is 0. The molecule has 0 bridgehead atoms. The van der Waals surface area contributed by atoms with Crippen LogP contribution in [0.1, 0.15) is 38.7 Å². The molecule has 0 saturated heterocycles. The van der Waals surface area contributed by atoms with Gasteiger partial charge in [-0.25, -0.2) is 4.99 Å². The molecule has 0 spiro atoms. The van der Waals surface area contributed by atoms with Gasteiger partial charge in [-0.1, -0.05) is 20.8 Å². The standard InChI is InChI=1S/C15H28N6O/c1-6-20(5)8-7-9-22-11-18-14-13(12(2)3)10-19-21(14)15(16)17-4/h10-12H,6-9H2,1-5H3,(H2,16,17). The number of hydrogen-bond donors (Lipinski definition) is 1. The van der Waals surface area contributed by atoms with Gasteiger partial charge in [0.05, 0.1) is 12.8 Å². The summed E-state index contributed by atoms with van der Waals surface area (Å²) in [5.41, 5.74) is 6.85. The smallest absolute Gasteiger partial charge is 0.218 e. The molecule has 22 heavy (non-hydrogen) atoms. The summed E-state index contributed by atoms with van der Waals surface area (Å²) < 4.78 is 6.99. The lowest BCUT2D eigenvalue weighted by Crippen LogP contribution is -2.23. The maximum Gasteiger partial charge on any atom is 0.218 e. The van der Waals surface area contributed by atoms with Crippen LogP contribution in [0, 0.1) is 0 Å². The largest absolute Gasteiger partial charge is 0.483 e. The molecular formula is C15H28N6O. The Morgan fingerprint density at radius 2 is 2.27 bits per heavy atom. The quantitative estimate of drug-likeness (QED) is 0.451. The fourth-order valence-electron chi connectivity index (χ4n) is 1.87. The van der Waals surface area contributed by atoms with E-state index in [-0.39, 0.29) is 0 Å². The third kappa shape index (κ3) is 5.14. The number of nitrogens with two attached hydrogens (primary N) is 1. The zero-order valence-electron chi connectivity index (χ0n) is 14.3. The summed E-state index contributed by atoms with van der Waals surface area (Å²) in [4.78, 5) is 10.6. The second kappa shape index (κ2) is 9.19. The molecular weight excluding hydrogens is 280 g/mol. The summed E-state index contributed by atoms with van der Waals surface area (Å²) in [5, 5.41) is 4.24. The van der Waals surface area contributed by atoms with E-state index in [1.807, 2.05) is 0 Å². The third-order valence-corrected chi connectivity index (χ3v) is 3.43. The van der Waals surface area contributed by atoms with Crippen LogP contribution in [0.4, 0.5) is 5.82 Å². The van der Waals surface area contributed by atoms with Crippen molar-refractivity contribution < 1.29 is 4.74 Å². The fraction of sp³-hybridized carbons (Fsp3) is 0.667. The monoisotopic (exact) mass is 308 g/mol. The number of nitrogens with zero attached hydrogens (tertiary/aromatic N) is 5. The summed E-state index contributed by atoms with van der Waals surface area (Å²) in [5.74, 6) is 1.27. The van der Waals surface area contributed by atoms with Crippen molar-refractivity contribution in [1.82, 2.24) is 14.7 Å². The Kier molecular flexibility index (Phi) is 7.59. The second-order valence-corrected chi connectivity index (χ2v) is 5.43. The Morgan fingerprint density at radius 3 is 2.86 bits per heavy atom. The van der Waals surface area contributed by atoms with Crippen molar-refractivity contribution in [2.24, 2.45) is 15.7 Å². The molecule has 0 saturated carbocycles. The van der Waals surface area contributed by atoms with Crippen molar-refractivity contribution in [3.8, 4) is 0 Å². The molecule has 0 aromatic carbocycles. The molecule has 7 heteroatoms. The molecule has 2 N–H and O–H groups in total. The van der Waals surface area contributed by atoms with E-state index in [9.17, 15) is 0 Å². The molecule has 0 aliphatic carbocycles. The molecule has 1 aromatic heterocycles. The van der Waals surface area contributed by atoms with Crippen LogP contribution >= 0.6 is 0 Å². The fourth-order valence-corrected chi connectivity index (χ4v) is 1.87. The van der Waals surface area contributed by atoms with E-state index < -0.39 is 0 Å². The molecule has 0 aliphatic heterocycles. The Morgan fingerprint density at radius 1 is 1.55 bits per heavy atom. The van der Waals surface area contributed by atoms with Crippen molar-refractivity contribution in [2.75, 3.05) is 33.8 Å². The van der Waals surface area contributed by atoms with E-state index in [0.29, 0.717) is 24.3 Å². The van der Waals surface area contributed by atoms with Gasteiger partial charge in [-0.15, -0.1) is 0 Å². The number of aromatic nitrogens is 2. The van der Waals surface area contributed by atoms with Crippen LogP contribution in [0.2, 0.25) is 0 Å². The van der Waals surface area contributed by atoms with Crippen molar-refractivity contribution in [3.05, 3.63) is 11.8 Å². The lowest BCUT2D eigenvalue weighted by molar-refractivity contribution is 0.268. The van der Waals surface area contributed by atoms with Gasteiger partial charge in [0.2, 0.25) is 5.96 Å². The first kappa shape index (κ1) is 18.2. The van der Waals surface area contributed by atoms with Crippen molar-refractivity contribution >= 4 is 18.2 Å². The van der Waals surface area contributed by atoms with E-state index in [1.54, 1.807) is 13.2 Å². The zero-order chi connectivity index (χ0) is 16.5. The zero-order valence-corrected chi connectivity index (χ0v) is 14.3. The summed E-state index contributed by atoms with van der Waals surface area (Å²) in [6, 6.07) is 0. The molecule has 0 unspecified atom stereocenters. The molecule has 0 atom stereocenters. The molecule has 124 valence electrons. The van der Waals surface area contributed by atoms with Crippen molar-refractivity contribution in [2.45, 2.75) is 33.1 Å². The average Bonchev–Trinajstić information content (AvgIpc) is 2.93. The average molecular weight is 308 g/mol. The first-order chi connectivity index (χ1) is 10.5. The van der Waals surface area contributed by atoms with E-state index in [0.717, 1.165) is 25.1 Å². The molecule has 1 rings (SSSR count). The van der Waals surface area contributed by atoms with Crippen LogP contribution in [0.15, 0.2) is 16.2 Å². The third-order valence-electron chi connectivity index (χ3n) is 3.43. The molecule has 1 heterocycles. The highest BCUT2D eigenvalue weighted by Gasteiger charge is 2.14. The second-order valence-electron chi connectivity index (χ2n) is 5.43. The van der Waals surface area contributed by atoms with Crippen molar-refractivity contribution in [1.29, 1.82) is 0 Å². The van der Waals surface area contributed by atoms with Gasteiger partial charge in [0.15, 0.2) is 12.2 Å². The Balaban J connectivity index is 2.67. The van der Waals surface area contributed by atoms with Crippen LogP contribution in [-0.4, -0.2) is 60.8 Å². The lowest BCUT2D eigenvalue weighted by Gasteiger charge is -2.12. The summed E-state index contributed by atoms with van der Waals surface area (Å²) in [6.07, 6.45) is 4.20. The Labute approximate surface area is 132 Å². The van der Waals surface area contributed by atoms with Crippen molar-refractivity contribution in [3.63, 3.8) is 0 Å². The molecule has 7 nitrogen and oxygen atoms in total. The highest BCUT2D eigenvalue weighted by molar-refractivity contribution is 5.83. The van der Waals surface area contributed by atoms with Gasteiger partial charge < -0.3 is 15.4 Å². The first-order valence-corrected chi connectivity index (χ1v) is 7.64. The van der Waals surface area contributed by atoms with Crippen LogP contribution < -0.4 is 5.73 Å². The van der Waals surface area contributed by atoms with Crippen LogP contribution in [0.3, 0.4) is 0 Å². The minimum atomic E-state index is 0.295. The Hall–Kier alpha value is -1.89. The van der Waals surface area contributed by atoms with Gasteiger partial charge in [0.1, 0.15) is 0 Å². The van der Waals surface area contributed by atoms with Crippen LogP contribution in [0.25, 0.3) is 0 Å². The van der Waals surface area contributed by atoms with Gasteiger partial charge in [-0.05, 0) is 25.9 Å². The Bertz CT molecular complexity index is 506. The lowest BCUT2D eigenvalue weighted by atomic mass is 10.1. The molecule has 1 aromatic rings. The summed E-state index contributed by atoms with van der Waals surface area (Å²) in [7, 11) is 3.72. The van der Waals surface area contributed by atoms with Gasteiger partial charge in [0, 0.05) is 19.2 Å². The van der Waals surface area contributed by atoms with Gasteiger partial charge >= 0.3 is 0 Å². The number of rotatable bonds is 8. The number of aliphatic imine (C=N–C) groups is 2. The molecule has 0 radical (unpaired) electrons. The minimum absolute atomic E-state index is 0.295. The SMILES string of the molecule is CCN(C)CCCOC=Nc1c(C(C)C)cnn1C(N)=NC. The van der Waals surface area contributed by atoms with Crippen LogP contribution in [-0.2, 0) is 4.74 Å². The molecule has 0 amide bonds. The number of hydrogen-bond acceptors (Lipinski definition) is 5. The van der Waals surface area contributed by atoms with Crippen LogP contribution in [0.5, 0.6) is 0 Å². The minimum Gasteiger partial charge on any atom is -0.483 e. The highest BCUT2D eigenvalue weighted by Crippen LogP contribution is 2.25. The van der Waals surface area contributed by atoms with Gasteiger partial charge in [-0.2, -0.15) is 9.78 Å². The first-order valence-electron chi connectivity index (χ1n) is 7.64. The predicted octanol–water partition coefficient (Wildman–Crippen LogP) is 1.82. The summed E-state index contributed by atoms with van der Waals surface area (Å²) in [6.45, 7) is 8.99. The highest BCUT2D eigenvalue weighted by atomic mass is 16.5. The van der Waals surface area contributed by atoms with Gasteiger partial charge in [0.25, 0.3) is 0 Å². The predicted molar refractivity (Wildman–Crippen MR) is 91.2 cm³/mol.